The lowest BCUT2D eigenvalue weighted by molar-refractivity contribution is 0.683. The van der Waals surface area contributed by atoms with Crippen molar-refractivity contribution < 1.29 is 4.21 Å². The van der Waals surface area contributed by atoms with Gasteiger partial charge in [0.2, 0.25) is 0 Å². The van der Waals surface area contributed by atoms with Crippen LogP contribution in [0.15, 0.2) is 18.2 Å². The van der Waals surface area contributed by atoms with Crippen LogP contribution in [0.2, 0.25) is 5.02 Å². The lowest BCUT2D eigenvalue weighted by atomic mass is 10.1. The summed E-state index contributed by atoms with van der Waals surface area (Å²) < 4.78 is 11.3. The molecule has 1 atom stereocenters. The largest absolute Gasteiger partial charge is 0.326 e. The normalized spacial score (nSPS) is 12.8. The van der Waals surface area contributed by atoms with E-state index in [4.69, 9.17) is 17.3 Å². The molecule has 2 N–H and O–H groups in total. The van der Waals surface area contributed by atoms with Gasteiger partial charge in [-0.15, -0.1) is 0 Å². The second-order valence-corrected chi connectivity index (χ2v) is 5.16. The third-order valence-corrected chi connectivity index (χ3v) is 3.62. The summed E-state index contributed by atoms with van der Waals surface area (Å²) >= 11 is 6.02. The molecule has 0 spiro atoms. The third-order valence-electron chi connectivity index (χ3n) is 1.99. The minimum Gasteiger partial charge on any atom is -0.326 e. The van der Waals surface area contributed by atoms with Crippen molar-refractivity contribution in [3.8, 4) is 0 Å². The minimum absolute atomic E-state index is 0.483. The number of halogens is 1. The number of hydrogen-bond donors (Lipinski definition) is 1. The van der Waals surface area contributed by atoms with Gasteiger partial charge in [-0.1, -0.05) is 30.7 Å². The van der Waals surface area contributed by atoms with E-state index in [0.717, 1.165) is 11.1 Å². The Morgan fingerprint density at radius 2 is 2.21 bits per heavy atom. The van der Waals surface area contributed by atoms with Crippen LogP contribution in [0.1, 0.15) is 18.1 Å². The molecule has 0 radical (unpaired) electrons. The van der Waals surface area contributed by atoms with E-state index in [1.807, 2.05) is 25.1 Å². The molecule has 1 rings (SSSR count). The van der Waals surface area contributed by atoms with Gasteiger partial charge >= 0.3 is 0 Å². The van der Waals surface area contributed by atoms with Gasteiger partial charge in [0.25, 0.3) is 0 Å². The highest BCUT2D eigenvalue weighted by Gasteiger charge is 2.04. The molecule has 0 heterocycles. The average molecular weight is 232 g/mol. The first kappa shape index (κ1) is 11.7. The van der Waals surface area contributed by atoms with Crippen molar-refractivity contribution in [2.75, 3.05) is 5.75 Å². The summed E-state index contributed by atoms with van der Waals surface area (Å²) in [6, 6.07) is 5.66. The summed E-state index contributed by atoms with van der Waals surface area (Å²) in [5, 5.41) is 0.662. The van der Waals surface area contributed by atoms with Crippen LogP contribution in [0.4, 0.5) is 0 Å². The summed E-state index contributed by atoms with van der Waals surface area (Å²) in [7, 11) is -0.812. The van der Waals surface area contributed by atoms with Crippen LogP contribution in [0.5, 0.6) is 0 Å². The van der Waals surface area contributed by atoms with E-state index in [0.29, 0.717) is 23.1 Å². The number of benzene rings is 1. The maximum absolute atomic E-state index is 11.3. The second-order valence-electron chi connectivity index (χ2n) is 3.00. The fraction of sp³-hybridized carbons (Fsp3) is 0.400. The third kappa shape index (κ3) is 3.08. The van der Waals surface area contributed by atoms with Crippen molar-refractivity contribution in [1.29, 1.82) is 0 Å². The molecule has 78 valence electrons. The average Bonchev–Trinajstić information content (AvgIpc) is 2.20. The van der Waals surface area contributed by atoms with Crippen molar-refractivity contribution >= 4 is 22.4 Å². The molecule has 0 fully saturated rings. The predicted molar refractivity (Wildman–Crippen MR) is 61.7 cm³/mol. The molecule has 2 nitrogen and oxygen atoms in total. The van der Waals surface area contributed by atoms with Gasteiger partial charge in [-0.3, -0.25) is 4.21 Å². The highest BCUT2D eigenvalue weighted by atomic mass is 35.5. The fourth-order valence-electron chi connectivity index (χ4n) is 1.11. The zero-order valence-corrected chi connectivity index (χ0v) is 9.70. The molecule has 4 heteroatoms. The molecule has 0 aromatic heterocycles. The van der Waals surface area contributed by atoms with E-state index in [-0.39, 0.29) is 0 Å². The Kier molecular flexibility index (Phi) is 4.58. The monoisotopic (exact) mass is 231 g/mol. The predicted octanol–water partition coefficient (Wildman–Crippen LogP) is 2.07. The topological polar surface area (TPSA) is 43.1 Å². The van der Waals surface area contributed by atoms with Crippen LogP contribution in [-0.4, -0.2) is 9.96 Å². The molecule has 0 aliphatic carbocycles. The van der Waals surface area contributed by atoms with Crippen LogP contribution >= 0.6 is 11.6 Å². The van der Waals surface area contributed by atoms with Crippen molar-refractivity contribution in [2.45, 2.75) is 19.2 Å². The molecule has 1 aromatic rings. The Morgan fingerprint density at radius 1 is 1.50 bits per heavy atom. The second kappa shape index (κ2) is 5.49. The molecule has 1 aromatic carbocycles. The Bertz CT molecular complexity index is 341. The van der Waals surface area contributed by atoms with E-state index >= 15 is 0 Å². The highest BCUT2D eigenvalue weighted by Crippen LogP contribution is 2.19. The quantitative estimate of drug-likeness (QED) is 0.862. The van der Waals surface area contributed by atoms with Gasteiger partial charge in [-0.05, 0) is 17.2 Å². The maximum atomic E-state index is 11.3. The molecule has 1 unspecified atom stereocenters. The first-order chi connectivity index (χ1) is 6.67. The van der Waals surface area contributed by atoms with E-state index in [1.165, 1.54) is 0 Å². The van der Waals surface area contributed by atoms with Crippen molar-refractivity contribution in [3.63, 3.8) is 0 Å². The van der Waals surface area contributed by atoms with Crippen LogP contribution < -0.4 is 5.73 Å². The summed E-state index contributed by atoms with van der Waals surface area (Å²) in [6.07, 6.45) is 0. The molecule has 0 amide bonds. The highest BCUT2D eigenvalue weighted by molar-refractivity contribution is 7.84. The van der Waals surface area contributed by atoms with E-state index < -0.39 is 10.8 Å². The Labute approximate surface area is 91.9 Å². The Morgan fingerprint density at radius 3 is 2.71 bits per heavy atom. The summed E-state index contributed by atoms with van der Waals surface area (Å²) in [4.78, 5) is 0. The lowest BCUT2D eigenvalue weighted by Gasteiger charge is -2.05. The molecule has 0 saturated heterocycles. The molecule has 0 bridgehead atoms. The Hall–Kier alpha value is -0.380. The number of rotatable bonds is 4. The van der Waals surface area contributed by atoms with Gasteiger partial charge in [0.15, 0.2) is 0 Å². The van der Waals surface area contributed by atoms with Crippen molar-refractivity contribution in [1.82, 2.24) is 0 Å². The summed E-state index contributed by atoms with van der Waals surface area (Å²) in [5.74, 6) is 1.19. The van der Waals surface area contributed by atoms with Crippen LogP contribution in [0.25, 0.3) is 0 Å². The molecular weight excluding hydrogens is 218 g/mol. The van der Waals surface area contributed by atoms with E-state index in [2.05, 4.69) is 0 Å². The zero-order valence-electron chi connectivity index (χ0n) is 8.13. The lowest BCUT2D eigenvalue weighted by Crippen LogP contribution is -2.00. The molecular formula is C10H14ClNOS. The molecule has 14 heavy (non-hydrogen) atoms. The van der Waals surface area contributed by atoms with Crippen LogP contribution in [0.3, 0.4) is 0 Å². The fourth-order valence-corrected chi connectivity index (χ4v) is 2.26. The minimum atomic E-state index is -0.812. The van der Waals surface area contributed by atoms with Gasteiger partial charge in [-0.2, -0.15) is 0 Å². The number of nitrogens with two attached hydrogens (primary N) is 1. The maximum Gasteiger partial charge on any atom is 0.0500 e. The summed E-state index contributed by atoms with van der Waals surface area (Å²) in [6.45, 7) is 2.38. The van der Waals surface area contributed by atoms with Gasteiger partial charge < -0.3 is 5.73 Å². The van der Waals surface area contributed by atoms with Crippen molar-refractivity contribution in [2.24, 2.45) is 5.73 Å². The Balaban J connectivity index is 2.83. The van der Waals surface area contributed by atoms with Gasteiger partial charge in [0, 0.05) is 33.9 Å². The first-order valence-electron chi connectivity index (χ1n) is 4.49. The van der Waals surface area contributed by atoms with Crippen LogP contribution in [0, 0.1) is 0 Å². The smallest absolute Gasteiger partial charge is 0.0500 e. The van der Waals surface area contributed by atoms with Crippen LogP contribution in [-0.2, 0) is 23.1 Å². The standard InChI is InChI=1S/C10H14ClNOS/c1-2-14(13)7-9-4-3-8(6-12)5-10(9)11/h3-5H,2,6-7,12H2,1H3. The SMILES string of the molecule is CCS(=O)Cc1ccc(CN)cc1Cl. The zero-order chi connectivity index (χ0) is 10.6. The van der Waals surface area contributed by atoms with Crippen molar-refractivity contribution in [3.05, 3.63) is 34.3 Å². The molecule has 0 aliphatic rings. The van der Waals surface area contributed by atoms with Gasteiger partial charge in [-0.25, -0.2) is 0 Å². The molecule has 0 saturated carbocycles. The summed E-state index contributed by atoms with van der Waals surface area (Å²) in [5.41, 5.74) is 7.41. The molecule has 0 aliphatic heterocycles. The van der Waals surface area contributed by atoms with Gasteiger partial charge in [0.05, 0.1) is 0 Å². The first-order valence-corrected chi connectivity index (χ1v) is 6.36. The van der Waals surface area contributed by atoms with Gasteiger partial charge in [0.1, 0.15) is 0 Å². The number of hydrogen-bond acceptors (Lipinski definition) is 2. The van der Waals surface area contributed by atoms with E-state index in [1.54, 1.807) is 0 Å². The van der Waals surface area contributed by atoms with E-state index in [9.17, 15) is 4.21 Å².